The van der Waals surface area contributed by atoms with Crippen LogP contribution in [0.4, 0.5) is 0 Å². The number of nitrogens with two attached hydrogens (primary N) is 1. The summed E-state index contributed by atoms with van der Waals surface area (Å²) in [5.74, 6) is 0. The van der Waals surface area contributed by atoms with E-state index in [1.54, 1.807) is 14.1 Å². The SMILES string of the molecule is CCCCCCCCCCCCCC[NH2+][O-].CCCCCCCCCCCC[N+](C)(C)[O-]. The van der Waals surface area contributed by atoms with Crippen molar-refractivity contribution in [2.24, 2.45) is 0 Å². The van der Waals surface area contributed by atoms with Crippen molar-refractivity contribution in [3.8, 4) is 0 Å². The first-order valence-electron chi connectivity index (χ1n) is 14.5. The van der Waals surface area contributed by atoms with Gasteiger partial charge in [0.2, 0.25) is 0 Å². The molecule has 0 aliphatic rings. The van der Waals surface area contributed by atoms with Gasteiger partial charge < -0.3 is 20.5 Å². The molecule has 0 saturated heterocycles. The molecule has 0 amide bonds. The van der Waals surface area contributed by atoms with Crippen LogP contribution in [0.25, 0.3) is 0 Å². The van der Waals surface area contributed by atoms with Gasteiger partial charge in [-0.3, -0.25) is 0 Å². The van der Waals surface area contributed by atoms with E-state index in [-0.39, 0.29) is 4.65 Å². The summed E-state index contributed by atoms with van der Waals surface area (Å²) in [5.41, 5.74) is 1.04. The van der Waals surface area contributed by atoms with E-state index in [0.29, 0.717) is 0 Å². The molecule has 0 spiro atoms. The van der Waals surface area contributed by atoms with Gasteiger partial charge in [-0.25, -0.2) is 0 Å². The summed E-state index contributed by atoms with van der Waals surface area (Å²) in [6.07, 6.45) is 29.7. The Labute approximate surface area is 203 Å². The zero-order valence-electron chi connectivity index (χ0n) is 22.8. The van der Waals surface area contributed by atoms with Gasteiger partial charge in [0.1, 0.15) is 0 Å². The van der Waals surface area contributed by atoms with Crippen LogP contribution in [-0.2, 0) is 0 Å². The molecule has 0 fully saturated rings. The summed E-state index contributed by atoms with van der Waals surface area (Å²) in [4.78, 5) is 0. The summed E-state index contributed by atoms with van der Waals surface area (Å²) in [6, 6.07) is 0. The molecule has 0 rings (SSSR count). The van der Waals surface area contributed by atoms with Gasteiger partial charge in [0.25, 0.3) is 0 Å². The van der Waals surface area contributed by atoms with Crippen LogP contribution in [0.3, 0.4) is 0 Å². The Morgan fingerprint density at radius 3 is 1.03 bits per heavy atom. The van der Waals surface area contributed by atoms with Crippen molar-refractivity contribution >= 4 is 0 Å². The fourth-order valence-electron chi connectivity index (χ4n) is 4.05. The van der Waals surface area contributed by atoms with Crippen LogP contribution in [0.5, 0.6) is 0 Å². The highest BCUT2D eigenvalue weighted by Crippen LogP contribution is 2.12. The van der Waals surface area contributed by atoms with Gasteiger partial charge in [-0.2, -0.15) is 0 Å². The van der Waals surface area contributed by atoms with Crippen LogP contribution in [-0.4, -0.2) is 31.8 Å². The fraction of sp³-hybridized carbons (Fsp3) is 1.00. The lowest BCUT2D eigenvalue weighted by Crippen LogP contribution is -2.77. The van der Waals surface area contributed by atoms with Crippen molar-refractivity contribution in [3.63, 3.8) is 0 Å². The van der Waals surface area contributed by atoms with Gasteiger partial charge in [-0.15, -0.1) is 0 Å². The van der Waals surface area contributed by atoms with E-state index in [9.17, 15) is 10.4 Å². The molecule has 0 atom stereocenters. The summed E-state index contributed by atoms with van der Waals surface area (Å²) >= 11 is 0. The van der Waals surface area contributed by atoms with Crippen molar-refractivity contribution < 1.29 is 10.1 Å². The number of quaternary nitrogens is 2. The maximum absolute atomic E-state index is 11.3. The molecule has 0 aliphatic carbocycles. The molecule has 0 aliphatic heterocycles. The highest BCUT2D eigenvalue weighted by atomic mass is 16.5. The van der Waals surface area contributed by atoms with E-state index in [1.165, 1.54) is 128 Å². The van der Waals surface area contributed by atoms with E-state index in [0.717, 1.165) is 31.4 Å². The Bertz CT molecular complexity index is 305. The van der Waals surface area contributed by atoms with Gasteiger partial charge in [-0.05, 0) is 25.7 Å². The van der Waals surface area contributed by atoms with Crippen molar-refractivity contribution in [2.45, 2.75) is 155 Å². The van der Waals surface area contributed by atoms with E-state index in [1.807, 2.05) is 0 Å². The average Bonchev–Trinajstić information content (AvgIpc) is 2.75. The van der Waals surface area contributed by atoms with Crippen LogP contribution >= 0.6 is 0 Å². The molecule has 4 heteroatoms. The van der Waals surface area contributed by atoms with E-state index in [4.69, 9.17) is 0 Å². The summed E-state index contributed by atoms with van der Waals surface area (Å²) < 4.78 is -0.128. The molecule has 196 valence electrons. The lowest BCUT2D eigenvalue weighted by Gasteiger charge is -2.33. The first-order chi connectivity index (χ1) is 15.5. The molecular weight excluding hydrogens is 396 g/mol. The standard InChI is InChI=1S/2C14H31NO/c1-4-5-6-7-8-9-10-11-12-13-14-15(2,3)16;1-2-3-4-5-6-7-8-9-10-11-12-13-14-15-16/h4-14H2,1-3H3;2-15H2,1H3. The maximum Gasteiger partial charge on any atom is 0.0779 e. The zero-order chi connectivity index (χ0) is 24.2. The predicted molar refractivity (Wildman–Crippen MR) is 143 cm³/mol. The van der Waals surface area contributed by atoms with Crippen molar-refractivity contribution in [3.05, 3.63) is 10.4 Å². The third-order valence-electron chi connectivity index (χ3n) is 6.23. The van der Waals surface area contributed by atoms with E-state index < -0.39 is 0 Å². The zero-order valence-corrected chi connectivity index (χ0v) is 22.8. The van der Waals surface area contributed by atoms with Crippen LogP contribution in [0.2, 0.25) is 0 Å². The minimum atomic E-state index is -0.128. The number of unbranched alkanes of at least 4 members (excludes halogenated alkanes) is 20. The van der Waals surface area contributed by atoms with Gasteiger partial charge in [0.05, 0.1) is 27.2 Å². The molecule has 0 saturated carbocycles. The largest absolute Gasteiger partial charge is 0.636 e. The van der Waals surface area contributed by atoms with Crippen molar-refractivity contribution in [1.82, 2.24) is 0 Å². The van der Waals surface area contributed by atoms with Crippen LogP contribution < -0.4 is 5.48 Å². The Hall–Kier alpha value is -0.160. The minimum Gasteiger partial charge on any atom is -0.636 e. The lowest BCUT2D eigenvalue weighted by atomic mass is 10.1. The normalized spacial score (nSPS) is 11.4. The summed E-state index contributed by atoms with van der Waals surface area (Å²) in [7, 11) is 3.46. The highest BCUT2D eigenvalue weighted by molar-refractivity contribution is 4.49. The monoisotopic (exact) mass is 458 g/mol. The maximum atomic E-state index is 11.3. The Balaban J connectivity index is 0. The Morgan fingerprint density at radius 1 is 0.469 bits per heavy atom. The van der Waals surface area contributed by atoms with Crippen molar-refractivity contribution in [1.29, 1.82) is 0 Å². The molecule has 2 N–H and O–H groups in total. The molecule has 32 heavy (non-hydrogen) atoms. The molecule has 0 radical (unpaired) electrons. The number of hydrogen-bond acceptors (Lipinski definition) is 2. The molecular formula is C28H62N2O2. The molecule has 0 aromatic heterocycles. The molecule has 0 heterocycles. The average molecular weight is 459 g/mol. The Kier molecular flexibility index (Phi) is 30.7. The number of rotatable bonds is 24. The highest BCUT2D eigenvalue weighted by Gasteiger charge is 2.00. The molecule has 0 unspecified atom stereocenters. The molecule has 0 aromatic rings. The van der Waals surface area contributed by atoms with Gasteiger partial charge in [0, 0.05) is 0 Å². The second kappa shape index (κ2) is 28.9. The predicted octanol–water partition coefficient (Wildman–Crippen LogP) is 8.23. The lowest BCUT2D eigenvalue weighted by molar-refractivity contribution is -0.840. The van der Waals surface area contributed by atoms with Gasteiger partial charge in [0.15, 0.2) is 0 Å². The fourth-order valence-corrected chi connectivity index (χ4v) is 4.05. The minimum absolute atomic E-state index is 0.128. The molecule has 0 bridgehead atoms. The first kappa shape index (κ1) is 34.0. The second-order valence-corrected chi connectivity index (χ2v) is 10.3. The first-order valence-corrected chi connectivity index (χ1v) is 14.5. The van der Waals surface area contributed by atoms with Crippen LogP contribution in [0.1, 0.15) is 155 Å². The van der Waals surface area contributed by atoms with Crippen LogP contribution in [0, 0.1) is 10.4 Å². The number of hydrogen-bond donors (Lipinski definition) is 1. The van der Waals surface area contributed by atoms with Gasteiger partial charge in [-0.1, -0.05) is 129 Å². The third kappa shape index (κ3) is 37.2. The molecule has 4 nitrogen and oxygen atoms in total. The quantitative estimate of drug-likeness (QED) is 0.0899. The van der Waals surface area contributed by atoms with Crippen LogP contribution in [0.15, 0.2) is 0 Å². The smallest absolute Gasteiger partial charge is 0.0779 e. The molecule has 0 aromatic carbocycles. The van der Waals surface area contributed by atoms with E-state index in [2.05, 4.69) is 13.8 Å². The number of hydroxylamine groups is 4. The topological polar surface area (TPSA) is 62.7 Å². The van der Waals surface area contributed by atoms with E-state index >= 15 is 0 Å². The summed E-state index contributed by atoms with van der Waals surface area (Å²) in [5, 5.41) is 21.4. The number of nitrogens with zero attached hydrogens (tertiary/aromatic N) is 1. The Morgan fingerprint density at radius 2 is 0.750 bits per heavy atom. The third-order valence-corrected chi connectivity index (χ3v) is 6.23. The summed E-state index contributed by atoms with van der Waals surface area (Å²) in [6.45, 7) is 6.06. The second-order valence-electron chi connectivity index (χ2n) is 10.3. The van der Waals surface area contributed by atoms with Gasteiger partial charge >= 0.3 is 0 Å². The van der Waals surface area contributed by atoms with Crippen molar-refractivity contribution in [2.75, 3.05) is 27.2 Å².